The maximum absolute atomic E-state index is 13.0. The molecule has 0 aliphatic rings. The van der Waals surface area contributed by atoms with Crippen molar-refractivity contribution in [2.45, 2.75) is 13.3 Å². The first kappa shape index (κ1) is 21.1. The van der Waals surface area contributed by atoms with Gasteiger partial charge < -0.3 is 15.0 Å². The molecule has 4 rings (SSSR count). The van der Waals surface area contributed by atoms with Gasteiger partial charge >= 0.3 is 6.36 Å². The number of hydrogen-bond acceptors (Lipinski definition) is 4. The summed E-state index contributed by atoms with van der Waals surface area (Å²) in [4.78, 5) is 31.6. The molecule has 32 heavy (non-hydrogen) atoms. The first-order chi connectivity index (χ1) is 15.2. The number of ether oxygens (including phenoxy) is 1. The van der Waals surface area contributed by atoms with E-state index in [0.29, 0.717) is 22.3 Å². The predicted octanol–water partition coefficient (Wildman–Crippen LogP) is 5.32. The Bertz CT molecular complexity index is 1330. The smallest absolute Gasteiger partial charge is 0.406 e. The average Bonchev–Trinajstić information content (AvgIpc) is 3.15. The molecule has 0 spiro atoms. The van der Waals surface area contributed by atoms with Gasteiger partial charge in [-0.3, -0.25) is 9.59 Å². The van der Waals surface area contributed by atoms with Crippen LogP contribution in [-0.4, -0.2) is 28.0 Å². The molecular weight excluding hydrogens is 423 g/mol. The molecule has 0 radical (unpaired) electrons. The molecule has 0 saturated heterocycles. The van der Waals surface area contributed by atoms with Crippen molar-refractivity contribution in [3.05, 3.63) is 78.1 Å². The van der Waals surface area contributed by atoms with Gasteiger partial charge in [0.05, 0.1) is 0 Å². The van der Waals surface area contributed by atoms with Crippen molar-refractivity contribution in [2.75, 3.05) is 5.32 Å². The number of carbonyl (C=O) groups excluding carboxylic acids is 2. The van der Waals surface area contributed by atoms with Crippen LogP contribution in [0.4, 0.5) is 18.9 Å². The zero-order chi connectivity index (χ0) is 22.9. The number of nitrogens with one attached hydrogen (secondary N) is 2. The molecule has 2 aromatic heterocycles. The number of alkyl halides is 3. The highest BCUT2D eigenvalue weighted by Gasteiger charge is 2.31. The average molecular weight is 439 g/mol. The summed E-state index contributed by atoms with van der Waals surface area (Å²) in [5.74, 6) is -1.16. The number of amides is 1. The number of anilines is 1. The summed E-state index contributed by atoms with van der Waals surface area (Å²) < 4.78 is 41.5. The summed E-state index contributed by atoms with van der Waals surface area (Å²) in [6.45, 7) is 1.41. The van der Waals surface area contributed by atoms with Crippen molar-refractivity contribution in [3.8, 4) is 16.9 Å². The highest BCUT2D eigenvalue weighted by Crippen LogP contribution is 2.29. The second-order valence-electron chi connectivity index (χ2n) is 6.99. The Labute approximate surface area is 180 Å². The number of aromatic nitrogens is 2. The van der Waals surface area contributed by atoms with Gasteiger partial charge in [-0.15, -0.1) is 13.2 Å². The molecule has 0 atom stereocenters. The Balaban J connectivity index is 1.70. The van der Waals surface area contributed by atoms with Gasteiger partial charge in [0.2, 0.25) is 5.91 Å². The molecule has 9 heteroatoms. The SMILES string of the molecule is CC(=O)Nc1cccc(-c2cnc3[nH]cc(C(=O)c4cccc(OC(F)(F)F)c4)c3c2)c1. The minimum Gasteiger partial charge on any atom is -0.406 e. The quantitative estimate of drug-likeness (QED) is 0.413. The zero-order valence-corrected chi connectivity index (χ0v) is 16.7. The molecule has 162 valence electrons. The second-order valence-corrected chi connectivity index (χ2v) is 6.99. The van der Waals surface area contributed by atoms with Gasteiger partial charge in [0.15, 0.2) is 5.78 Å². The van der Waals surface area contributed by atoms with Crippen LogP contribution in [0.15, 0.2) is 67.0 Å². The predicted molar refractivity (Wildman–Crippen MR) is 112 cm³/mol. The molecule has 0 saturated carbocycles. The number of hydrogen-bond donors (Lipinski definition) is 2. The first-order valence-corrected chi connectivity index (χ1v) is 9.45. The Morgan fingerprint density at radius 2 is 1.81 bits per heavy atom. The summed E-state index contributed by atoms with van der Waals surface area (Å²) >= 11 is 0. The zero-order valence-electron chi connectivity index (χ0n) is 16.7. The van der Waals surface area contributed by atoms with E-state index in [1.807, 2.05) is 6.07 Å². The Morgan fingerprint density at radius 1 is 1.03 bits per heavy atom. The standard InChI is InChI=1S/C23H16F3N3O3/c1-13(30)29-17-6-2-4-14(8-17)16-10-19-20(12-28-22(19)27-11-16)21(31)15-5-3-7-18(9-15)32-23(24,25)26/h2-12H,1H3,(H,27,28)(H,29,30). The summed E-state index contributed by atoms with van der Waals surface area (Å²) in [7, 11) is 0. The van der Waals surface area contributed by atoms with Crippen molar-refractivity contribution in [2.24, 2.45) is 0 Å². The molecule has 1 amide bonds. The highest BCUT2D eigenvalue weighted by molar-refractivity contribution is 6.16. The van der Waals surface area contributed by atoms with Gasteiger partial charge in [-0.2, -0.15) is 0 Å². The molecule has 2 aromatic carbocycles. The molecular formula is C23H16F3N3O3. The second kappa shape index (κ2) is 8.18. The van der Waals surface area contributed by atoms with Crippen LogP contribution >= 0.6 is 0 Å². The fraction of sp³-hybridized carbons (Fsp3) is 0.0870. The Morgan fingerprint density at radius 3 is 2.56 bits per heavy atom. The minimum atomic E-state index is -4.85. The van der Waals surface area contributed by atoms with Gasteiger partial charge in [-0.05, 0) is 35.9 Å². The van der Waals surface area contributed by atoms with Crippen LogP contribution < -0.4 is 10.1 Å². The maximum Gasteiger partial charge on any atom is 0.573 e. The number of aromatic amines is 1. The van der Waals surface area contributed by atoms with Crippen molar-refractivity contribution in [1.29, 1.82) is 0 Å². The third-order valence-corrected chi connectivity index (χ3v) is 4.62. The van der Waals surface area contributed by atoms with E-state index in [1.165, 1.54) is 25.3 Å². The highest BCUT2D eigenvalue weighted by atomic mass is 19.4. The fourth-order valence-corrected chi connectivity index (χ4v) is 3.32. The van der Waals surface area contributed by atoms with E-state index >= 15 is 0 Å². The van der Waals surface area contributed by atoms with E-state index < -0.39 is 17.9 Å². The molecule has 2 heterocycles. The van der Waals surface area contributed by atoms with E-state index in [-0.39, 0.29) is 17.0 Å². The number of H-pyrrole nitrogens is 1. The number of benzene rings is 2. The number of fused-ring (bicyclic) bond motifs is 1. The van der Waals surface area contributed by atoms with Crippen LogP contribution in [0.2, 0.25) is 0 Å². The fourth-order valence-electron chi connectivity index (χ4n) is 3.32. The molecule has 6 nitrogen and oxygen atoms in total. The summed E-state index contributed by atoms with van der Waals surface area (Å²) in [5.41, 5.74) is 2.85. The van der Waals surface area contributed by atoms with Crippen molar-refractivity contribution in [1.82, 2.24) is 9.97 Å². The minimum absolute atomic E-state index is 0.0470. The third-order valence-electron chi connectivity index (χ3n) is 4.62. The molecule has 4 aromatic rings. The van der Waals surface area contributed by atoms with Crippen molar-refractivity contribution in [3.63, 3.8) is 0 Å². The number of nitrogens with zero attached hydrogens (tertiary/aromatic N) is 1. The monoisotopic (exact) mass is 439 g/mol. The van der Waals surface area contributed by atoms with Gasteiger partial charge in [-0.25, -0.2) is 4.98 Å². The summed E-state index contributed by atoms with van der Waals surface area (Å²) in [5, 5.41) is 3.22. The molecule has 2 N–H and O–H groups in total. The van der Waals surface area contributed by atoms with Crippen LogP contribution in [0.1, 0.15) is 22.8 Å². The van der Waals surface area contributed by atoms with E-state index in [0.717, 1.165) is 17.7 Å². The van der Waals surface area contributed by atoms with E-state index in [2.05, 4.69) is 20.0 Å². The van der Waals surface area contributed by atoms with E-state index in [1.54, 1.807) is 30.5 Å². The van der Waals surface area contributed by atoms with Gasteiger partial charge in [0.1, 0.15) is 11.4 Å². The summed E-state index contributed by atoms with van der Waals surface area (Å²) in [6.07, 6.45) is -1.76. The van der Waals surface area contributed by atoms with Gasteiger partial charge in [-0.1, -0.05) is 24.3 Å². The number of rotatable bonds is 5. The van der Waals surface area contributed by atoms with Crippen molar-refractivity contribution >= 4 is 28.4 Å². The third kappa shape index (κ3) is 4.61. The Kier molecular flexibility index (Phi) is 5.40. The molecule has 0 bridgehead atoms. The lowest BCUT2D eigenvalue weighted by Crippen LogP contribution is -2.17. The topological polar surface area (TPSA) is 84.1 Å². The van der Waals surface area contributed by atoms with E-state index in [4.69, 9.17) is 0 Å². The first-order valence-electron chi connectivity index (χ1n) is 9.45. The maximum atomic E-state index is 13.0. The van der Waals surface area contributed by atoms with Crippen LogP contribution in [0.25, 0.3) is 22.2 Å². The lowest BCUT2D eigenvalue weighted by molar-refractivity contribution is -0.274. The number of pyridine rings is 1. The molecule has 0 unspecified atom stereocenters. The number of carbonyl (C=O) groups is 2. The van der Waals surface area contributed by atoms with Crippen LogP contribution in [0, 0.1) is 0 Å². The lowest BCUT2D eigenvalue weighted by atomic mass is 10.0. The largest absolute Gasteiger partial charge is 0.573 e. The lowest BCUT2D eigenvalue weighted by Gasteiger charge is -2.09. The molecule has 0 fully saturated rings. The number of ketones is 1. The van der Waals surface area contributed by atoms with Crippen molar-refractivity contribution < 1.29 is 27.5 Å². The summed E-state index contributed by atoms with van der Waals surface area (Å²) in [6, 6.07) is 13.8. The number of halogens is 3. The van der Waals surface area contributed by atoms with E-state index in [9.17, 15) is 22.8 Å². The molecule has 0 aliphatic carbocycles. The van der Waals surface area contributed by atoms with Crippen LogP contribution in [0.3, 0.4) is 0 Å². The molecule has 0 aliphatic heterocycles. The van der Waals surface area contributed by atoms with Gasteiger partial charge in [0.25, 0.3) is 0 Å². The van der Waals surface area contributed by atoms with Crippen LogP contribution in [0.5, 0.6) is 5.75 Å². The van der Waals surface area contributed by atoms with Crippen LogP contribution in [-0.2, 0) is 4.79 Å². The normalized spacial score (nSPS) is 11.4. The van der Waals surface area contributed by atoms with Gasteiger partial charge in [0, 0.05) is 47.1 Å². The Hall–Kier alpha value is -4.14.